The van der Waals surface area contributed by atoms with Gasteiger partial charge in [0.05, 0.1) is 5.54 Å². The van der Waals surface area contributed by atoms with Crippen LogP contribution >= 0.6 is 0 Å². The second-order valence-electron chi connectivity index (χ2n) is 6.24. The fourth-order valence-electron chi connectivity index (χ4n) is 2.12. The maximum absolute atomic E-state index is 11.5. The van der Waals surface area contributed by atoms with E-state index in [2.05, 4.69) is 32.2 Å². The predicted octanol–water partition coefficient (Wildman–Crippen LogP) is 1.53. The largest absolute Gasteiger partial charge is 0.402 e. The van der Waals surface area contributed by atoms with Gasteiger partial charge in [0.15, 0.2) is 0 Å². The van der Waals surface area contributed by atoms with E-state index in [0.717, 1.165) is 25.0 Å². The molecule has 119 valence electrons. The number of amidine groups is 1. The molecule has 1 saturated carbocycles. The minimum atomic E-state index is -0.0995. The van der Waals surface area contributed by atoms with Crippen molar-refractivity contribution in [2.45, 2.75) is 58.9 Å². The van der Waals surface area contributed by atoms with Crippen molar-refractivity contribution >= 4 is 11.7 Å². The molecular formula is C15H27HoN3O. The summed E-state index contributed by atoms with van der Waals surface area (Å²) in [6, 6.07) is 0. The summed E-state index contributed by atoms with van der Waals surface area (Å²) < 4.78 is 0. The van der Waals surface area contributed by atoms with Gasteiger partial charge in [-0.15, -0.1) is 0 Å². The summed E-state index contributed by atoms with van der Waals surface area (Å²) in [7, 11) is 0. The van der Waals surface area contributed by atoms with Crippen molar-refractivity contribution in [1.82, 2.24) is 0 Å². The van der Waals surface area contributed by atoms with E-state index in [1.165, 1.54) is 0 Å². The van der Waals surface area contributed by atoms with Gasteiger partial charge in [-0.25, -0.2) is 0 Å². The molecule has 0 unspecified atom stereocenters. The first kappa shape index (κ1) is 20.1. The fraction of sp³-hybridized carbons (Fsp3) is 0.667. The smallest absolute Gasteiger partial charge is 0.250 e. The number of amides is 1. The summed E-state index contributed by atoms with van der Waals surface area (Å²) in [6.45, 7) is 8.09. The van der Waals surface area contributed by atoms with Crippen molar-refractivity contribution < 1.29 is 47.8 Å². The van der Waals surface area contributed by atoms with Crippen LogP contribution in [0.3, 0.4) is 0 Å². The zero-order valence-electron chi connectivity index (χ0n) is 12.9. The Labute approximate surface area is 152 Å². The molecule has 0 aromatic heterocycles. The third-order valence-corrected chi connectivity index (χ3v) is 3.09. The van der Waals surface area contributed by atoms with Gasteiger partial charge < -0.3 is 12.2 Å². The van der Waals surface area contributed by atoms with Crippen molar-refractivity contribution in [2.75, 3.05) is 0 Å². The molecule has 4 N–H and O–H groups in total. The van der Waals surface area contributed by atoms with Crippen molar-refractivity contribution in [3.8, 4) is 0 Å². The van der Waals surface area contributed by atoms with Crippen LogP contribution < -0.4 is 11.1 Å². The van der Waals surface area contributed by atoms with Crippen molar-refractivity contribution in [2.24, 2.45) is 16.6 Å². The molecule has 0 aromatic carbocycles. The number of nitrogens with two attached hydrogens (primary N) is 2. The van der Waals surface area contributed by atoms with E-state index in [1.54, 1.807) is 0 Å². The molecule has 0 saturated heterocycles. The van der Waals surface area contributed by atoms with E-state index in [9.17, 15) is 4.79 Å². The standard InChI is InChI=1S/C15H26N3O.Ho/c1-5-14(19)17-13(18-15(2,3)4)10-12(16)11-8-6-7-9-11;/h6,10-11H,5,7-9,16H2,1-4H3,(H,17,18,19);/q-1;/p+1/b12-10-;/t11-;/m1./s1. The van der Waals surface area contributed by atoms with E-state index in [-0.39, 0.29) is 49.2 Å². The second kappa shape index (κ2) is 9.19. The van der Waals surface area contributed by atoms with E-state index < -0.39 is 0 Å². The van der Waals surface area contributed by atoms with Crippen LogP contribution in [0.15, 0.2) is 16.8 Å². The molecule has 0 heterocycles. The molecule has 1 radical (unpaired) electrons. The molecule has 0 aliphatic heterocycles. The summed E-state index contributed by atoms with van der Waals surface area (Å²) in [6.07, 6.45) is 7.84. The van der Waals surface area contributed by atoms with Crippen molar-refractivity contribution in [1.29, 1.82) is 0 Å². The summed E-state index contributed by atoms with van der Waals surface area (Å²) >= 11 is 0. The maximum Gasteiger partial charge on any atom is 0.250 e. The van der Waals surface area contributed by atoms with Crippen LogP contribution in [0.4, 0.5) is 0 Å². The minimum Gasteiger partial charge on any atom is -0.402 e. The first-order valence-electron chi connectivity index (χ1n) is 7.08. The molecule has 1 aliphatic carbocycles. The van der Waals surface area contributed by atoms with Crippen LogP contribution in [0.25, 0.3) is 0 Å². The van der Waals surface area contributed by atoms with Crippen molar-refractivity contribution in [3.63, 3.8) is 0 Å². The zero-order chi connectivity index (χ0) is 14.5. The fourth-order valence-corrected chi connectivity index (χ4v) is 2.12. The van der Waals surface area contributed by atoms with Gasteiger partial charge in [0.1, 0.15) is 0 Å². The molecule has 20 heavy (non-hydrogen) atoms. The Morgan fingerprint density at radius 3 is 2.60 bits per heavy atom. The summed E-state index contributed by atoms with van der Waals surface area (Å²) in [4.78, 5) is 15.7. The van der Waals surface area contributed by atoms with Crippen LogP contribution in [0, 0.1) is 50.1 Å². The minimum absolute atomic E-state index is 0. The van der Waals surface area contributed by atoms with Gasteiger partial charge >= 0.3 is 0 Å². The molecule has 1 aliphatic rings. The topological polar surface area (TPSA) is 72.1 Å². The van der Waals surface area contributed by atoms with Gasteiger partial charge in [0, 0.05) is 55.9 Å². The molecule has 0 spiro atoms. The number of quaternary nitrogens is 1. The average Bonchev–Trinajstić information content (AvgIpc) is 2.79. The number of allylic oxidation sites excluding steroid dienone is 1. The predicted molar refractivity (Wildman–Crippen MR) is 78.3 cm³/mol. The monoisotopic (exact) mass is 430 g/mol. The normalized spacial score (nSPS) is 20.7. The third-order valence-electron chi connectivity index (χ3n) is 3.09. The summed E-state index contributed by atoms with van der Waals surface area (Å²) in [5.74, 6) is 1.01. The number of rotatable bonds is 3. The van der Waals surface area contributed by atoms with Gasteiger partial charge in [-0.2, -0.15) is 17.8 Å². The molecule has 0 aromatic rings. The number of hydrogen-bond acceptors (Lipinski definition) is 2. The number of carbonyl (C=O) groups excluding carboxylic acids is 1. The summed E-state index contributed by atoms with van der Waals surface area (Å²) in [5, 5.41) is 2.01. The molecule has 1 rings (SSSR count). The molecule has 0 bridgehead atoms. The van der Waals surface area contributed by atoms with Crippen LogP contribution in [0.5, 0.6) is 0 Å². The Morgan fingerprint density at radius 2 is 2.15 bits per heavy atom. The first-order valence-corrected chi connectivity index (χ1v) is 7.08. The maximum atomic E-state index is 11.5. The number of aliphatic imine (C=N–C) groups is 1. The Balaban J connectivity index is 0.00000361. The second-order valence-corrected chi connectivity index (χ2v) is 6.24. The Kier molecular flexibility index (Phi) is 9.23. The number of nitrogens with zero attached hydrogens (tertiary/aromatic N) is 1. The van der Waals surface area contributed by atoms with Gasteiger partial charge in [-0.1, -0.05) is 13.3 Å². The van der Waals surface area contributed by atoms with Crippen LogP contribution in [0.2, 0.25) is 0 Å². The SMILES string of the molecule is CCC(=O)N=C(/C=C(\N)[C@@H]1C[CH-]CC1)[NH2+]C(C)(C)C.[Ho]. The van der Waals surface area contributed by atoms with E-state index >= 15 is 0 Å². The van der Waals surface area contributed by atoms with Gasteiger partial charge in [0.25, 0.3) is 0 Å². The molecule has 4 nitrogen and oxygen atoms in total. The van der Waals surface area contributed by atoms with E-state index in [4.69, 9.17) is 5.73 Å². The van der Waals surface area contributed by atoms with E-state index in [0.29, 0.717) is 18.2 Å². The molecular weight excluding hydrogens is 403 g/mol. The number of carbonyl (C=O) groups is 1. The summed E-state index contributed by atoms with van der Waals surface area (Å²) in [5.41, 5.74) is 6.97. The van der Waals surface area contributed by atoms with Gasteiger partial charge in [-0.05, 0) is 26.7 Å². The van der Waals surface area contributed by atoms with Gasteiger partial charge in [0.2, 0.25) is 11.7 Å². The Hall–Kier alpha value is 0.0997. The Bertz CT molecular complexity index is 377. The quantitative estimate of drug-likeness (QED) is 0.309. The van der Waals surface area contributed by atoms with Crippen LogP contribution in [-0.4, -0.2) is 17.3 Å². The molecule has 5 heteroatoms. The van der Waals surface area contributed by atoms with Crippen LogP contribution in [-0.2, 0) is 4.79 Å². The van der Waals surface area contributed by atoms with Gasteiger partial charge in [-0.3, -0.25) is 10.1 Å². The molecule has 1 fully saturated rings. The third kappa shape index (κ3) is 7.77. The van der Waals surface area contributed by atoms with Crippen LogP contribution in [0.1, 0.15) is 53.4 Å². The first-order chi connectivity index (χ1) is 8.81. The Morgan fingerprint density at radius 1 is 1.50 bits per heavy atom. The number of hydrogen-bond donors (Lipinski definition) is 2. The zero-order valence-corrected chi connectivity index (χ0v) is 14.8. The van der Waals surface area contributed by atoms with Crippen molar-refractivity contribution in [3.05, 3.63) is 18.2 Å². The molecule has 1 amide bonds. The van der Waals surface area contributed by atoms with E-state index in [1.807, 2.05) is 18.3 Å². The average molecular weight is 430 g/mol. The molecule has 1 atom stereocenters.